The van der Waals surface area contributed by atoms with Crippen LogP contribution in [0.2, 0.25) is 0 Å². The molecule has 2 fully saturated rings. The maximum absolute atomic E-state index is 12.8. The fourth-order valence-electron chi connectivity index (χ4n) is 3.72. The van der Waals surface area contributed by atoms with Crippen molar-refractivity contribution in [3.63, 3.8) is 0 Å². The van der Waals surface area contributed by atoms with E-state index in [1.807, 2.05) is 36.4 Å². The third kappa shape index (κ3) is 4.51. The number of urea groups is 1. The summed E-state index contributed by atoms with van der Waals surface area (Å²) in [5.41, 5.74) is 1.16. The lowest BCUT2D eigenvalue weighted by Crippen LogP contribution is -2.51. The first-order valence-corrected chi connectivity index (χ1v) is 10.3. The van der Waals surface area contributed by atoms with Crippen LogP contribution in [0.5, 0.6) is 0 Å². The number of para-hydroxylation sites is 1. The molecule has 9 nitrogen and oxygen atoms in total. The minimum Gasteiger partial charge on any atom is -0.462 e. The highest BCUT2D eigenvalue weighted by atomic mass is 16.5. The third-order valence-corrected chi connectivity index (χ3v) is 5.42. The number of anilines is 2. The smallest absolute Gasteiger partial charge is 0.339 e. The van der Waals surface area contributed by atoms with Crippen LogP contribution < -0.4 is 9.80 Å². The third-order valence-electron chi connectivity index (χ3n) is 5.42. The molecule has 0 radical (unpaired) electrons. The molecule has 2 aromatic rings. The molecule has 0 N–H and O–H groups in total. The van der Waals surface area contributed by atoms with Gasteiger partial charge in [0.05, 0.1) is 18.8 Å². The summed E-state index contributed by atoms with van der Waals surface area (Å²) in [5, 5.41) is 0. The van der Waals surface area contributed by atoms with Gasteiger partial charge in [-0.1, -0.05) is 18.2 Å². The molecule has 3 amide bonds. The van der Waals surface area contributed by atoms with Crippen molar-refractivity contribution in [3.05, 3.63) is 54.2 Å². The number of pyridine rings is 1. The number of nitrogens with zero attached hydrogens (tertiary/aromatic N) is 5. The van der Waals surface area contributed by atoms with E-state index >= 15 is 0 Å². The Morgan fingerprint density at radius 3 is 2.42 bits per heavy atom. The van der Waals surface area contributed by atoms with E-state index in [0.29, 0.717) is 38.3 Å². The molecule has 2 aliphatic heterocycles. The zero-order valence-electron chi connectivity index (χ0n) is 17.4. The van der Waals surface area contributed by atoms with Crippen LogP contribution in [0.4, 0.5) is 16.3 Å². The normalized spacial score (nSPS) is 17.4. The summed E-state index contributed by atoms with van der Waals surface area (Å²) >= 11 is 0. The Balaban J connectivity index is 1.32. The van der Waals surface area contributed by atoms with Gasteiger partial charge >= 0.3 is 12.0 Å². The quantitative estimate of drug-likeness (QED) is 0.517. The lowest BCUT2D eigenvalue weighted by atomic mass is 10.2. The van der Waals surface area contributed by atoms with Crippen molar-refractivity contribution in [1.29, 1.82) is 0 Å². The van der Waals surface area contributed by atoms with Crippen LogP contribution in [0, 0.1) is 0 Å². The largest absolute Gasteiger partial charge is 0.462 e. The van der Waals surface area contributed by atoms with Crippen molar-refractivity contribution >= 4 is 29.4 Å². The molecule has 0 spiro atoms. The van der Waals surface area contributed by atoms with Gasteiger partial charge in [-0.25, -0.2) is 19.5 Å². The number of benzene rings is 1. The highest BCUT2D eigenvalue weighted by Crippen LogP contribution is 2.21. The first-order valence-electron chi connectivity index (χ1n) is 10.3. The highest BCUT2D eigenvalue weighted by molar-refractivity contribution is 6.12. The monoisotopic (exact) mass is 423 g/mol. The van der Waals surface area contributed by atoms with E-state index in [-0.39, 0.29) is 31.1 Å². The highest BCUT2D eigenvalue weighted by Gasteiger charge is 2.38. The minimum absolute atomic E-state index is 0.0690. The van der Waals surface area contributed by atoms with Crippen molar-refractivity contribution in [2.75, 3.05) is 55.8 Å². The van der Waals surface area contributed by atoms with Crippen LogP contribution >= 0.6 is 0 Å². The Kier molecular flexibility index (Phi) is 6.13. The number of esters is 1. The van der Waals surface area contributed by atoms with E-state index in [1.165, 1.54) is 16.0 Å². The van der Waals surface area contributed by atoms with Gasteiger partial charge in [0.15, 0.2) is 0 Å². The molecule has 0 bridgehead atoms. The zero-order valence-corrected chi connectivity index (χ0v) is 17.4. The number of ether oxygens (including phenoxy) is 1. The van der Waals surface area contributed by atoms with Gasteiger partial charge in [-0.3, -0.25) is 14.6 Å². The van der Waals surface area contributed by atoms with Gasteiger partial charge in [0.25, 0.3) is 5.91 Å². The number of amides is 3. The van der Waals surface area contributed by atoms with E-state index in [0.717, 1.165) is 11.5 Å². The molecular weight excluding hydrogens is 398 g/mol. The maximum Gasteiger partial charge on any atom is 0.339 e. The van der Waals surface area contributed by atoms with E-state index in [2.05, 4.69) is 14.8 Å². The van der Waals surface area contributed by atoms with E-state index < -0.39 is 0 Å². The predicted octanol–water partition coefficient (Wildman–Crippen LogP) is 1.81. The van der Waals surface area contributed by atoms with Gasteiger partial charge in [0.1, 0.15) is 12.4 Å². The standard InChI is InChI=1S/C22H25N5O4/c1-2-31-21(29)17-8-9-19(23-14-17)25-12-10-24(11-13-25)16-27-20(28)15-26(22(27)30)18-6-4-3-5-7-18/h3-9,14H,2,10-13,15-16H2,1H3. The first-order chi connectivity index (χ1) is 15.1. The summed E-state index contributed by atoms with van der Waals surface area (Å²) in [6, 6.07) is 12.5. The number of piperazine rings is 1. The van der Waals surface area contributed by atoms with Crippen molar-refractivity contribution in [1.82, 2.24) is 14.8 Å². The maximum atomic E-state index is 12.8. The van der Waals surface area contributed by atoms with Crippen LogP contribution in [0.25, 0.3) is 0 Å². The van der Waals surface area contributed by atoms with Crippen LogP contribution in [0.15, 0.2) is 48.7 Å². The number of rotatable bonds is 6. The Morgan fingerprint density at radius 2 is 1.77 bits per heavy atom. The molecule has 4 rings (SSSR count). The van der Waals surface area contributed by atoms with Crippen LogP contribution in [0.3, 0.4) is 0 Å². The van der Waals surface area contributed by atoms with Crippen LogP contribution in [-0.4, -0.2) is 78.7 Å². The van der Waals surface area contributed by atoms with Crippen molar-refractivity contribution < 1.29 is 19.1 Å². The molecule has 0 atom stereocenters. The lowest BCUT2D eigenvalue weighted by molar-refractivity contribution is -0.126. The molecule has 9 heteroatoms. The molecule has 0 aliphatic carbocycles. The molecule has 2 saturated heterocycles. The van der Waals surface area contributed by atoms with Gasteiger partial charge < -0.3 is 9.64 Å². The number of aromatic nitrogens is 1. The molecule has 1 aromatic heterocycles. The SMILES string of the molecule is CCOC(=O)c1ccc(N2CCN(CN3C(=O)CN(c4ccccc4)C3=O)CC2)nc1. The van der Waals surface area contributed by atoms with Gasteiger partial charge in [-0.2, -0.15) is 0 Å². The van der Waals surface area contributed by atoms with E-state index in [9.17, 15) is 14.4 Å². The fourth-order valence-corrected chi connectivity index (χ4v) is 3.72. The molecule has 0 unspecified atom stereocenters. The van der Waals surface area contributed by atoms with E-state index in [1.54, 1.807) is 13.0 Å². The van der Waals surface area contributed by atoms with Crippen LogP contribution in [0.1, 0.15) is 17.3 Å². The number of carbonyl (C=O) groups excluding carboxylic acids is 3. The average Bonchev–Trinajstić information content (AvgIpc) is 3.09. The molecule has 162 valence electrons. The van der Waals surface area contributed by atoms with Gasteiger partial charge in [0.2, 0.25) is 0 Å². The van der Waals surface area contributed by atoms with Gasteiger partial charge in [-0.05, 0) is 31.2 Å². The Labute approximate surface area is 180 Å². The van der Waals surface area contributed by atoms with Crippen LogP contribution in [-0.2, 0) is 9.53 Å². The molecule has 1 aromatic carbocycles. The Morgan fingerprint density at radius 1 is 1.03 bits per heavy atom. The summed E-state index contributed by atoms with van der Waals surface area (Å²) < 4.78 is 4.98. The second-order valence-electron chi connectivity index (χ2n) is 7.40. The number of hydrogen-bond acceptors (Lipinski definition) is 7. The Hall–Kier alpha value is -3.46. The molecule has 0 saturated carbocycles. The van der Waals surface area contributed by atoms with Gasteiger partial charge in [0, 0.05) is 38.1 Å². The van der Waals surface area contributed by atoms with Crippen molar-refractivity contribution in [2.45, 2.75) is 6.92 Å². The minimum atomic E-state index is -0.379. The molecule has 2 aliphatic rings. The second kappa shape index (κ2) is 9.13. The topological polar surface area (TPSA) is 86.3 Å². The molecule has 31 heavy (non-hydrogen) atoms. The molecular formula is C22H25N5O4. The van der Waals surface area contributed by atoms with Gasteiger partial charge in [-0.15, -0.1) is 0 Å². The average molecular weight is 423 g/mol. The summed E-state index contributed by atoms with van der Waals surface area (Å²) in [6.45, 7) is 5.26. The molecule has 3 heterocycles. The lowest BCUT2D eigenvalue weighted by Gasteiger charge is -2.36. The summed E-state index contributed by atoms with van der Waals surface area (Å²) in [6.07, 6.45) is 1.53. The summed E-state index contributed by atoms with van der Waals surface area (Å²) in [4.78, 5) is 48.4. The number of imide groups is 1. The Bertz CT molecular complexity index is 942. The summed E-state index contributed by atoms with van der Waals surface area (Å²) in [7, 11) is 0. The number of carbonyl (C=O) groups is 3. The number of hydrogen-bond donors (Lipinski definition) is 0. The second-order valence-corrected chi connectivity index (χ2v) is 7.40. The predicted molar refractivity (Wildman–Crippen MR) is 115 cm³/mol. The zero-order chi connectivity index (χ0) is 21.8. The summed E-state index contributed by atoms with van der Waals surface area (Å²) in [5.74, 6) is 0.222. The first kappa shape index (κ1) is 20.8. The fraction of sp³-hybridized carbons (Fsp3) is 0.364. The van der Waals surface area contributed by atoms with Crippen molar-refractivity contribution in [2.24, 2.45) is 0 Å². The van der Waals surface area contributed by atoms with E-state index in [4.69, 9.17) is 4.74 Å². The van der Waals surface area contributed by atoms with Crippen molar-refractivity contribution in [3.8, 4) is 0 Å².